The number of nitrogens with zero attached hydrogens (tertiary/aromatic N) is 1. The average Bonchev–Trinajstić information content (AvgIpc) is 2.25. The van der Waals surface area contributed by atoms with Crippen LogP contribution in [0, 0.1) is 10.1 Å². The Morgan fingerprint density at radius 3 is 2.58 bits per heavy atom. The summed E-state index contributed by atoms with van der Waals surface area (Å²) in [5.74, 6) is 0.348. The molecule has 0 spiro atoms. The van der Waals surface area contributed by atoms with Crippen LogP contribution in [0.3, 0.4) is 0 Å². The molecule has 0 heterocycles. The van der Waals surface area contributed by atoms with Crippen molar-refractivity contribution in [1.82, 2.24) is 0 Å². The maximum absolute atomic E-state index is 11.2. The maximum atomic E-state index is 11.2. The highest BCUT2D eigenvalue weighted by Crippen LogP contribution is 2.29. The van der Waals surface area contributed by atoms with E-state index in [2.05, 4.69) is 5.32 Å². The summed E-state index contributed by atoms with van der Waals surface area (Å²) in [6.45, 7) is 1.64. The first kappa shape index (κ1) is 15.2. The summed E-state index contributed by atoms with van der Waals surface area (Å²) in [4.78, 5) is 10.4. The van der Waals surface area contributed by atoms with Gasteiger partial charge in [-0.3, -0.25) is 10.1 Å². The maximum Gasteiger partial charge on any atom is 0.292 e. The van der Waals surface area contributed by atoms with E-state index in [9.17, 15) is 18.5 Å². The molecule has 1 N–H and O–H groups in total. The Kier molecular flexibility index (Phi) is 4.71. The molecule has 1 aromatic rings. The van der Waals surface area contributed by atoms with Crippen LogP contribution in [0.1, 0.15) is 6.92 Å². The van der Waals surface area contributed by atoms with Crippen molar-refractivity contribution in [3.8, 4) is 5.75 Å². The second-order valence-corrected chi connectivity index (χ2v) is 6.46. The third-order valence-corrected chi connectivity index (χ3v) is 3.46. The van der Waals surface area contributed by atoms with Crippen LogP contribution < -0.4 is 10.1 Å². The van der Waals surface area contributed by atoms with Gasteiger partial charge in [0, 0.05) is 24.4 Å². The molecule has 0 saturated heterocycles. The van der Waals surface area contributed by atoms with Crippen LogP contribution in [0.4, 0.5) is 11.4 Å². The molecule has 1 rings (SSSR count). The minimum Gasteiger partial charge on any atom is -0.497 e. The summed E-state index contributed by atoms with van der Waals surface area (Å²) in [5, 5.41) is 13.7. The van der Waals surface area contributed by atoms with Gasteiger partial charge >= 0.3 is 0 Å². The van der Waals surface area contributed by atoms with E-state index in [-0.39, 0.29) is 17.1 Å². The molecule has 0 aromatic heterocycles. The van der Waals surface area contributed by atoms with Gasteiger partial charge in [-0.1, -0.05) is 0 Å². The third-order valence-electron chi connectivity index (χ3n) is 2.36. The van der Waals surface area contributed by atoms with Gasteiger partial charge < -0.3 is 10.1 Å². The largest absolute Gasteiger partial charge is 0.497 e. The summed E-state index contributed by atoms with van der Waals surface area (Å²) in [5.41, 5.74) is 0.113. The van der Waals surface area contributed by atoms with E-state index in [4.69, 9.17) is 4.74 Å². The van der Waals surface area contributed by atoms with Crippen LogP contribution in [0.2, 0.25) is 0 Å². The summed E-state index contributed by atoms with van der Waals surface area (Å²) >= 11 is 0. The Hall–Kier alpha value is -1.83. The van der Waals surface area contributed by atoms with E-state index >= 15 is 0 Å². The van der Waals surface area contributed by atoms with Crippen molar-refractivity contribution in [1.29, 1.82) is 0 Å². The Morgan fingerprint density at radius 1 is 1.47 bits per heavy atom. The molecule has 0 saturated carbocycles. The number of hydrogen-bond donors (Lipinski definition) is 1. The summed E-state index contributed by atoms with van der Waals surface area (Å²) in [7, 11) is -1.71. The van der Waals surface area contributed by atoms with E-state index in [1.807, 2.05) is 0 Å². The molecule has 0 aliphatic heterocycles. The Morgan fingerprint density at radius 2 is 2.11 bits per heavy atom. The summed E-state index contributed by atoms with van der Waals surface area (Å²) in [6, 6.07) is 3.82. The van der Waals surface area contributed by atoms with E-state index in [1.165, 1.54) is 25.3 Å². The summed E-state index contributed by atoms with van der Waals surface area (Å²) < 4.78 is 27.3. The monoisotopic (exact) mass is 288 g/mol. The molecule has 1 unspecified atom stereocenters. The van der Waals surface area contributed by atoms with Crippen LogP contribution in [-0.4, -0.2) is 38.5 Å². The molecule has 106 valence electrons. The van der Waals surface area contributed by atoms with E-state index in [0.29, 0.717) is 5.75 Å². The molecule has 0 amide bonds. The number of nitrogens with one attached hydrogen (secondary N) is 1. The van der Waals surface area contributed by atoms with E-state index in [1.54, 1.807) is 6.92 Å². The molecule has 1 aromatic carbocycles. The first-order valence-corrected chi connectivity index (χ1v) is 7.55. The van der Waals surface area contributed by atoms with Crippen molar-refractivity contribution in [2.45, 2.75) is 13.0 Å². The number of hydrogen-bond acceptors (Lipinski definition) is 6. The highest BCUT2D eigenvalue weighted by atomic mass is 32.2. The molecule has 0 aliphatic rings. The van der Waals surface area contributed by atoms with Gasteiger partial charge in [-0.2, -0.15) is 0 Å². The average molecular weight is 288 g/mol. The van der Waals surface area contributed by atoms with Crippen LogP contribution in [0.5, 0.6) is 5.75 Å². The smallest absolute Gasteiger partial charge is 0.292 e. The van der Waals surface area contributed by atoms with Crippen LogP contribution in [-0.2, 0) is 9.84 Å². The second kappa shape index (κ2) is 5.87. The lowest BCUT2D eigenvalue weighted by atomic mass is 10.2. The van der Waals surface area contributed by atoms with Crippen LogP contribution in [0.25, 0.3) is 0 Å². The van der Waals surface area contributed by atoms with E-state index in [0.717, 1.165) is 6.26 Å². The number of benzene rings is 1. The molecule has 7 nitrogen and oxygen atoms in total. The summed E-state index contributed by atoms with van der Waals surface area (Å²) in [6.07, 6.45) is 1.12. The molecular formula is C11H16N2O5S. The Bertz CT molecular complexity index is 570. The Balaban J connectivity index is 3.00. The van der Waals surface area contributed by atoms with Gasteiger partial charge in [-0.25, -0.2) is 8.42 Å². The molecule has 0 bridgehead atoms. The van der Waals surface area contributed by atoms with Crippen molar-refractivity contribution in [3.05, 3.63) is 28.3 Å². The van der Waals surface area contributed by atoms with Gasteiger partial charge in [0.15, 0.2) is 0 Å². The molecular weight excluding hydrogens is 272 g/mol. The van der Waals surface area contributed by atoms with Gasteiger partial charge in [0.1, 0.15) is 21.3 Å². The number of ether oxygens (including phenoxy) is 1. The van der Waals surface area contributed by atoms with Crippen LogP contribution in [0.15, 0.2) is 18.2 Å². The zero-order valence-electron chi connectivity index (χ0n) is 10.9. The molecule has 0 radical (unpaired) electrons. The van der Waals surface area contributed by atoms with Crippen molar-refractivity contribution in [2.24, 2.45) is 0 Å². The van der Waals surface area contributed by atoms with Crippen molar-refractivity contribution in [3.63, 3.8) is 0 Å². The number of sulfone groups is 1. The fraction of sp³-hybridized carbons (Fsp3) is 0.455. The third kappa shape index (κ3) is 4.74. The second-order valence-electron chi connectivity index (χ2n) is 4.28. The minimum absolute atomic E-state index is 0.110. The normalized spacial score (nSPS) is 12.8. The van der Waals surface area contributed by atoms with Gasteiger partial charge in [0.05, 0.1) is 17.8 Å². The molecule has 8 heteroatoms. The van der Waals surface area contributed by atoms with Crippen LogP contribution >= 0.6 is 0 Å². The highest BCUT2D eigenvalue weighted by Gasteiger charge is 2.18. The predicted molar refractivity (Wildman–Crippen MR) is 72.4 cm³/mol. The number of nitro benzene ring substituents is 1. The minimum atomic E-state index is -3.16. The number of nitro groups is 1. The molecule has 1 atom stereocenters. The SMILES string of the molecule is COc1ccc([N+](=O)[O-])c(NC(C)CS(C)(=O)=O)c1. The van der Waals surface area contributed by atoms with Crippen molar-refractivity contribution in [2.75, 3.05) is 24.4 Å². The number of anilines is 1. The van der Waals surface area contributed by atoms with Crippen molar-refractivity contribution >= 4 is 21.2 Å². The first-order chi connectivity index (χ1) is 8.73. The topological polar surface area (TPSA) is 98.5 Å². The fourth-order valence-corrected chi connectivity index (χ4v) is 2.67. The van der Waals surface area contributed by atoms with Gasteiger partial charge in [-0.15, -0.1) is 0 Å². The fourth-order valence-electron chi connectivity index (χ4n) is 1.68. The van der Waals surface area contributed by atoms with Gasteiger partial charge in [0.25, 0.3) is 5.69 Å². The molecule has 0 aliphatic carbocycles. The number of methoxy groups -OCH3 is 1. The molecule has 19 heavy (non-hydrogen) atoms. The highest BCUT2D eigenvalue weighted by molar-refractivity contribution is 7.90. The lowest BCUT2D eigenvalue weighted by Crippen LogP contribution is -2.25. The predicted octanol–water partition coefficient (Wildman–Crippen LogP) is 1.45. The zero-order chi connectivity index (χ0) is 14.6. The Labute approximate surface area is 111 Å². The lowest BCUT2D eigenvalue weighted by Gasteiger charge is -2.14. The van der Waals surface area contributed by atoms with Gasteiger partial charge in [0.2, 0.25) is 0 Å². The zero-order valence-corrected chi connectivity index (χ0v) is 11.7. The lowest BCUT2D eigenvalue weighted by molar-refractivity contribution is -0.384. The van der Waals surface area contributed by atoms with Crippen molar-refractivity contribution < 1.29 is 18.1 Å². The number of rotatable bonds is 6. The quantitative estimate of drug-likeness (QED) is 0.628. The van der Waals surface area contributed by atoms with Gasteiger partial charge in [-0.05, 0) is 13.0 Å². The standard InChI is InChI=1S/C11H16N2O5S/c1-8(7-19(3,16)17)12-10-6-9(18-2)4-5-11(10)13(14)15/h4-6,8,12H,7H2,1-3H3. The first-order valence-electron chi connectivity index (χ1n) is 5.49. The van der Waals surface area contributed by atoms with E-state index < -0.39 is 20.8 Å². The molecule has 0 fully saturated rings.